The molecular weight excluding hydrogens is 124 g/mol. The summed E-state index contributed by atoms with van der Waals surface area (Å²) in [7, 11) is 0. The Morgan fingerprint density at radius 3 is 2.22 bits per heavy atom. The summed E-state index contributed by atoms with van der Waals surface area (Å²) >= 11 is 0. The first kappa shape index (κ1) is 5.54. The Morgan fingerprint density at radius 2 is 2.11 bits per heavy atom. The van der Waals surface area contributed by atoms with Gasteiger partial charge in [-0.1, -0.05) is 0 Å². The molecule has 0 aliphatic rings. The number of nitrogen functional groups attached to an aromatic ring is 2. The SMILES string of the molecule is N=c1oc(N)c(N)n1O. The van der Waals surface area contributed by atoms with Gasteiger partial charge < -0.3 is 21.1 Å². The van der Waals surface area contributed by atoms with Crippen LogP contribution in [0.3, 0.4) is 0 Å². The van der Waals surface area contributed by atoms with E-state index in [0.29, 0.717) is 4.73 Å². The Labute approximate surface area is 49.8 Å². The molecule has 6 nitrogen and oxygen atoms in total. The van der Waals surface area contributed by atoms with Crippen LogP contribution in [0.5, 0.6) is 0 Å². The van der Waals surface area contributed by atoms with E-state index < -0.39 is 5.68 Å². The topological polar surface area (TPSA) is 114 Å². The van der Waals surface area contributed by atoms with E-state index in [9.17, 15) is 0 Å². The lowest BCUT2D eigenvalue weighted by Gasteiger charge is -1.87. The molecule has 6 heteroatoms. The largest absolute Gasteiger partial charge is 0.422 e. The van der Waals surface area contributed by atoms with E-state index >= 15 is 0 Å². The average molecular weight is 130 g/mol. The summed E-state index contributed by atoms with van der Waals surface area (Å²) in [6.45, 7) is 0. The Hall–Kier alpha value is -1.59. The highest BCUT2D eigenvalue weighted by Gasteiger charge is 2.04. The number of anilines is 2. The minimum atomic E-state index is -0.481. The Balaban J connectivity index is 3.47. The lowest BCUT2D eigenvalue weighted by molar-refractivity contribution is 0.160. The molecule has 0 unspecified atom stereocenters. The highest BCUT2D eigenvalue weighted by molar-refractivity contribution is 5.48. The van der Waals surface area contributed by atoms with Gasteiger partial charge in [0.25, 0.3) is 0 Å². The van der Waals surface area contributed by atoms with Crippen LogP contribution >= 0.6 is 0 Å². The van der Waals surface area contributed by atoms with E-state index in [4.69, 9.17) is 22.1 Å². The van der Waals surface area contributed by atoms with E-state index in [1.807, 2.05) is 0 Å². The fourth-order valence-corrected chi connectivity index (χ4v) is 0.413. The number of rotatable bonds is 0. The monoisotopic (exact) mass is 130 g/mol. The smallest absolute Gasteiger partial charge is 0.331 e. The van der Waals surface area contributed by atoms with Crippen molar-refractivity contribution in [2.45, 2.75) is 0 Å². The molecule has 0 fully saturated rings. The molecular formula is C3H6N4O2. The van der Waals surface area contributed by atoms with Gasteiger partial charge in [-0.3, -0.25) is 0 Å². The van der Waals surface area contributed by atoms with Crippen molar-refractivity contribution in [3.8, 4) is 0 Å². The standard InChI is InChI=1S/C3H6N4O2/c4-1-2(5)9-3(6)7(1)8/h6,8H,4-5H2. The van der Waals surface area contributed by atoms with Crippen LogP contribution in [-0.2, 0) is 0 Å². The van der Waals surface area contributed by atoms with E-state index in [0.717, 1.165) is 0 Å². The second kappa shape index (κ2) is 1.44. The number of oxazole rings is 1. The van der Waals surface area contributed by atoms with Crippen LogP contribution < -0.4 is 17.2 Å². The summed E-state index contributed by atoms with van der Waals surface area (Å²) < 4.78 is 4.73. The molecule has 9 heavy (non-hydrogen) atoms. The van der Waals surface area contributed by atoms with Gasteiger partial charge in [0.1, 0.15) is 0 Å². The Kier molecular flexibility index (Phi) is 0.888. The summed E-state index contributed by atoms with van der Waals surface area (Å²) in [5.74, 6) is -0.303. The summed E-state index contributed by atoms with van der Waals surface area (Å²) in [5.41, 5.74) is 9.64. The molecule has 0 saturated carbocycles. The molecule has 1 rings (SSSR count). The molecule has 1 heterocycles. The maximum Gasteiger partial charge on any atom is 0.331 e. The first-order valence-corrected chi connectivity index (χ1v) is 2.13. The van der Waals surface area contributed by atoms with Crippen molar-refractivity contribution < 1.29 is 9.62 Å². The van der Waals surface area contributed by atoms with Crippen LogP contribution in [0.25, 0.3) is 0 Å². The molecule has 0 aliphatic heterocycles. The van der Waals surface area contributed by atoms with Crippen LogP contribution in [-0.4, -0.2) is 9.94 Å². The summed E-state index contributed by atoms with van der Waals surface area (Å²) in [5, 5.41) is 15.4. The third-order valence-electron chi connectivity index (χ3n) is 0.880. The number of nitrogens with two attached hydrogens (primary N) is 2. The first-order chi connectivity index (χ1) is 4.13. The van der Waals surface area contributed by atoms with Crippen molar-refractivity contribution in [3.05, 3.63) is 5.68 Å². The molecule has 1 aromatic heterocycles. The quantitative estimate of drug-likeness (QED) is 0.336. The van der Waals surface area contributed by atoms with Crippen LogP contribution in [0.1, 0.15) is 0 Å². The zero-order valence-electron chi connectivity index (χ0n) is 4.46. The lowest BCUT2D eigenvalue weighted by Crippen LogP contribution is -2.12. The van der Waals surface area contributed by atoms with Gasteiger partial charge in [0, 0.05) is 0 Å². The summed E-state index contributed by atoms with van der Waals surface area (Å²) in [6.07, 6.45) is 0. The van der Waals surface area contributed by atoms with E-state index in [1.165, 1.54) is 0 Å². The summed E-state index contributed by atoms with van der Waals surface area (Å²) in [6, 6.07) is 0. The van der Waals surface area contributed by atoms with Gasteiger partial charge in [0.2, 0.25) is 11.7 Å². The van der Waals surface area contributed by atoms with Crippen LogP contribution in [0.4, 0.5) is 11.7 Å². The highest BCUT2D eigenvalue weighted by atomic mass is 16.5. The number of hydrogen-bond donors (Lipinski definition) is 4. The second-order valence-electron chi connectivity index (χ2n) is 1.47. The predicted molar refractivity (Wildman–Crippen MR) is 28.6 cm³/mol. The third kappa shape index (κ3) is 0.600. The maximum atomic E-state index is 8.66. The average Bonchev–Trinajstić information content (AvgIpc) is 1.98. The molecule has 50 valence electrons. The normalized spacial score (nSPS) is 9.78. The van der Waals surface area contributed by atoms with Crippen molar-refractivity contribution in [2.75, 3.05) is 11.5 Å². The van der Waals surface area contributed by atoms with Crippen LogP contribution in [0, 0.1) is 5.41 Å². The number of nitrogens with one attached hydrogen (secondary N) is 1. The van der Waals surface area contributed by atoms with Gasteiger partial charge in [-0.25, -0.2) is 5.41 Å². The number of aromatic nitrogens is 1. The van der Waals surface area contributed by atoms with Gasteiger partial charge in [-0.15, -0.1) is 4.73 Å². The summed E-state index contributed by atoms with van der Waals surface area (Å²) in [4.78, 5) is 0. The van der Waals surface area contributed by atoms with Crippen molar-refractivity contribution in [1.29, 1.82) is 5.41 Å². The molecule has 0 saturated heterocycles. The number of hydrogen-bond acceptors (Lipinski definition) is 5. The van der Waals surface area contributed by atoms with E-state index in [1.54, 1.807) is 0 Å². The molecule has 0 atom stereocenters. The highest BCUT2D eigenvalue weighted by Crippen LogP contribution is 2.07. The molecule has 6 N–H and O–H groups in total. The fraction of sp³-hybridized carbons (Fsp3) is 0. The first-order valence-electron chi connectivity index (χ1n) is 2.13. The Morgan fingerprint density at radius 1 is 1.56 bits per heavy atom. The minimum Gasteiger partial charge on any atom is -0.422 e. The molecule has 1 aromatic rings. The van der Waals surface area contributed by atoms with Gasteiger partial charge in [0.15, 0.2) is 0 Å². The molecule has 0 aromatic carbocycles. The maximum absolute atomic E-state index is 8.66. The van der Waals surface area contributed by atoms with Gasteiger partial charge >= 0.3 is 5.68 Å². The fourth-order valence-electron chi connectivity index (χ4n) is 0.413. The molecule has 0 spiro atoms. The second-order valence-corrected chi connectivity index (χ2v) is 1.47. The zero-order chi connectivity index (χ0) is 7.02. The van der Waals surface area contributed by atoms with E-state index in [-0.39, 0.29) is 11.7 Å². The molecule has 0 bridgehead atoms. The van der Waals surface area contributed by atoms with Crippen molar-refractivity contribution in [3.63, 3.8) is 0 Å². The van der Waals surface area contributed by atoms with Gasteiger partial charge in [-0.2, -0.15) is 0 Å². The van der Waals surface area contributed by atoms with Crippen molar-refractivity contribution >= 4 is 11.7 Å². The zero-order valence-corrected chi connectivity index (χ0v) is 4.46. The minimum absolute atomic E-state index is 0.150. The van der Waals surface area contributed by atoms with Crippen molar-refractivity contribution in [1.82, 2.24) is 4.73 Å². The lowest BCUT2D eigenvalue weighted by atomic mass is 10.7. The van der Waals surface area contributed by atoms with Gasteiger partial charge in [-0.05, 0) is 0 Å². The number of nitrogens with zero attached hydrogens (tertiary/aromatic N) is 1. The van der Waals surface area contributed by atoms with Crippen LogP contribution in [0.2, 0.25) is 0 Å². The Bertz CT molecular complexity index is 272. The predicted octanol–water partition coefficient (Wildman–Crippen LogP) is -1.04. The molecule has 0 amide bonds. The third-order valence-corrected chi connectivity index (χ3v) is 0.880. The van der Waals surface area contributed by atoms with E-state index in [2.05, 4.69) is 4.42 Å². The van der Waals surface area contributed by atoms with Crippen molar-refractivity contribution in [2.24, 2.45) is 0 Å². The van der Waals surface area contributed by atoms with Gasteiger partial charge in [0.05, 0.1) is 0 Å². The molecule has 0 aliphatic carbocycles. The van der Waals surface area contributed by atoms with Crippen LogP contribution in [0.15, 0.2) is 4.42 Å². The molecule has 0 radical (unpaired) electrons.